The Bertz CT molecular complexity index is 1810. The van der Waals surface area contributed by atoms with Crippen LogP contribution in [-0.4, -0.2) is 33.1 Å². The number of furan rings is 1. The van der Waals surface area contributed by atoms with Crippen LogP contribution in [-0.2, 0) is 22.4 Å². The average Bonchev–Trinajstić information content (AvgIpc) is 3.39. The topological polar surface area (TPSA) is 146 Å². The molecule has 0 radical (unpaired) electrons. The van der Waals surface area contributed by atoms with Crippen molar-refractivity contribution in [3.8, 4) is 5.75 Å². The first-order chi connectivity index (χ1) is 18.0. The van der Waals surface area contributed by atoms with Crippen molar-refractivity contribution >= 4 is 44.7 Å². The van der Waals surface area contributed by atoms with E-state index in [9.17, 15) is 24.6 Å². The van der Waals surface area contributed by atoms with Crippen LogP contribution in [0, 0.1) is 27.7 Å². The lowest BCUT2D eigenvalue weighted by atomic mass is 9.98. The number of carbonyl (C=O) groups is 2. The molecule has 0 fully saturated rings. The van der Waals surface area contributed by atoms with Gasteiger partial charge in [0.15, 0.2) is 0 Å². The second-order valence-corrected chi connectivity index (χ2v) is 9.74. The van der Waals surface area contributed by atoms with Crippen LogP contribution in [0.25, 0.3) is 32.8 Å². The van der Waals surface area contributed by atoms with E-state index in [2.05, 4.69) is 10.3 Å². The smallest absolute Gasteiger partial charge is 0.339 e. The first-order valence-corrected chi connectivity index (χ1v) is 12.3. The summed E-state index contributed by atoms with van der Waals surface area (Å²) < 4.78 is 11.5. The number of aromatic amines is 1. The number of aromatic nitrogens is 1. The van der Waals surface area contributed by atoms with Gasteiger partial charge in [-0.2, -0.15) is 0 Å². The maximum absolute atomic E-state index is 12.9. The number of amides is 1. The number of benzene rings is 2. The predicted molar refractivity (Wildman–Crippen MR) is 143 cm³/mol. The van der Waals surface area contributed by atoms with Gasteiger partial charge in [-0.25, -0.2) is 9.59 Å². The molecule has 5 rings (SSSR count). The van der Waals surface area contributed by atoms with E-state index >= 15 is 0 Å². The van der Waals surface area contributed by atoms with Crippen LogP contribution in [0.3, 0.4) is 0 Å². The standard InChI is InChI=1S/C29H28N2O7/c1-13-16(4)37-26-15(3)27-21(11-20(13)26)14(2)19(29(36)38-27)6-8-25(33)31-24(28(34)35)9-17-12-30-23-7-5-18(32)10-22(17)23/h5,7,10-12,24,30,32H,6,8-9H2,1-4H3,(H,31,33)(H,34,35)/t24-/m1/s1. The lowest BCUT2D eigenvalue weighted by Gasteiger charge is -2.15. The molecular weight excluding hydrogens is 488 g/mol. The number of fused-ring (bicyclic) bond motifs is 3. The molecule has 3 heterocycles. The first-order valence-electron chi connectivity index (χ1n) is 12.3. The number of phenols is 1. The van der Waals surface area contributed by atoms with Crippen LogP contribution in [0.15, 0.2) is 44.1 Å². The quantitative estimate of drug-likeness (QED) is 0.229. The SMILES string of the molecule is Cc1oc2c(C)c3oc(=O)c(CCC(=O)N[C@H](Cc4c[nH]c5ccc(O)cc45)C(=O)O)c(C)c3cc2c1C. The van der Waals surface area contributed by atoms with Gasteiger partial charge < -0.3 is 29.3 Å². The number of nitrogens with one attached hydrogen (secondary N) is 2. The lowest BCUT2D eigenvalue weighted by molar-refractivity contribution is -0.141. The van der Waals surface area contributed by atoms with Crippen LogP contribution in [0.1, 0.15) is 40.0 Å². The van der Waals surface area contributed by atoms with E-state index in [1.807, 2.05) is 33.8 Å². The van der Waals surface area contributed by atoms with Crippen molar-refractivity contribution in [1.29, 1.82) is 0 Å². The molecule has 5 aromatic rings. The Kier molecular flexibility index (Phi) is 6.22. The van der Waals surface area contributed by atoms with Crippen molar-refractivity contribution in [2.75, 3.05) is 0 Å². The highest BCUT2D eigenvalue weighted by molar-refractivity contribution is 6.00. The molecule has 0 saturated carbocycles. The zero-order chi connectivity index (χ0) is 27.3. The van der Waals surface area contributed by atoms with E-state index in [0.29, 0.717) is 27.7 Å². The van der Waals surface area contributed by atoms with Gasteiger partial charge in [-0.3, -0.25) is 4.79 Å². The average molecular weight is 517 g/mol. The molecule has 1 amide bonds. The van der Waals surface area contributed by atoms with E-state index < -0.39 is 23.5 Å². The second-order valence-electron chi connectivity index (χ2n) is 9.74. The van der Waals surface area contributed by atoms with Crippen molar-refractivity contribution in [2.24, 2.45) is 0 Å². The normalized spacial score (nSPS) is 12.4. The molecule has 3 aromatic heterocycles. The number of carboxylic acid groups (broad SMARTS) is 1. The van der Waals surface area contributed by atoms with Crippen molar-refractivity contribution in [2.45, 2.75) is 53.0 Å². The minimum atomic E-state index is -1.18. The molecule has 0 bridgehead atoms. The van der Waals surface area contributed by atoms with Gasteiger partial charge in [0.25, 0.3) is 0 Å². The Hall–Kier alpha value is -4.53. The number of carbonyl (C=O) groups excluding carboxylic acids is 1. The molecular formula is C29H28N2O7. The summed E-state index contributed by atoms with van der Waals surface area (Å²) in [7, 11) is 0. The Morgan fingerprint density at radius 3 is 2.42 bits per heavy atom. The minimum Gasteiger partial charge on any atom is -0.508 e. The Morgan fingerprint density at radius 2 is 1.68 bits per heavy atom. The Labute approximate surface area is 217 Å². The third-order valence-corrected chi connectivity index (χ3v) is 7.35. The zero-order valence-electron chi connectivity index (χ0n) is 21.5. The fourth-order valence-electron chi connectivity index (χ4n) is 5.04. The highest BCUT2D eigenvalue weighted by Gasteiger charge is 2.23. The highest BCUT2D eigenvalue weighted by Crippen LogP contribution is 2.34. The fraction of sp³-hybridized carbons (Fsp3) is 0.276. The summed E-state index contributed by atoms with van der Waals surface area (Å²) >= 11 is 0. The van der Waals surface area contributed by atoms with Crippen molar-refractivity contribution in [3.05, 3.63) is 74.5 Å². The number of phenolic OH excluding ortho intramolecular Hbond substituents is 1. The summed E-state index contributed by atoms with van der Waals surface area (Å²) in [6, 6.07) is 5.55. The van der Waals surface area contributed by atoms with Gasteiger partial charge in [0.05, 0.1) is 0 Å². The van der Waals surface area contributed by atoms with Crippen molar-refractivity contribution in [1.82, 2.24) is 10.3 Å². The van der Waals surface area contributed by atoms with Gasteiger partial charge >= 0.3 is 11.6 Å². The van der Waals surface area contributed by atoms with Crippen LogP contribution >= 0.6 is 0 Å². The maximum atomic E-state index is 12.9. The molecule has 0 aliphatic carbocycles. The third kappa shape index (κ3) is 4.30. The first kappa shape index (κ1) is 25.1. The number of H-pyrrole nitrogens is 1. The van der Waals surface area contributed by atoms with Gasteiger partial charge in [-0.1, -0.05) is 0 Å². The van der Waals surface area contributed by atoms with Crippen molar-refractivity contribution in [3.63, 3.8) is 0 Å². The summed E-state index contributed by atoms with van der Waals surface area (Å²) in [5.74, 6) is -0.813. The number of rotatable bonds is 7. The molecule has 196 valence electrons. The number of aromatic hydroxyl groups is 1. The summed E-state index contributed by atoms with van der Waals surface area (Å²) in [6.07, 6.45) is 1.71. The molecule has 2 aromatic carbocycles. The molecule has 0 unspecified atom stereocenters. The van der Waals surface area contributed by atoms with Gasteiger partial charge in [0.1, 0.15) is 28.7 Å². The minimum absolute atomic E-state index is 0.0282. The molecule has 0 aliphatic rings. The van der Waals surface area contributed by atoms with Crippen LogP contribution in [0.2, 0.25) is 0 Å². The maximum Gasteiger partial charge on any atom is 0.339 e. The van der Waals surface area contributed by atoms with Crippen LogP contribution in [0.5, 0.6) is 5.75 Å². The van der Waals surface area contributed by atoms with E-state index in [0.717, 1.165) is 38.7 Å². The second kappa shape index (κ2) is 9.41. The largest absolute Gasteiger partial charge is 0.508 e. The number of carboxylic acids is 1. The monoisotopic (exact) mass is 516 g/mol. The summed E-state index contributed by atoms with van der Waals surface area (Å²) in [4.78, 5) is 40.6. The Morgan fingerprint density at radius 1 is 0.974 bits per heavy atom. The number of aryl methyl sites for hydroxylation is 4. The van der Waals surface area contributed by atoms with Gasteiger partial charge in [-0.15, -0.1) is 0 Å². The molecule has 9 heteroatoms. The fourth-order valence-corrected chi connectivity index (χ4v) is 5.04. The van der Waals surface area contributed by atoms with E-state index in [1.54, 1.807) is 18.3 Å². The number of hydrogen-bond donors (Lipinski definition) is 4. The molecule has 1 atom stereocenters. The van der Waals surface area contributed by atoms with Crippen LogP contribution in [0.4, 0.5) is 0 Å². The zero-order valence-corrected chi connectivity index (χ0v) is 21.5. The molecule has 9 nitrogen and oxygen atoms in total. The van der Waals surface area contributed by atoms with Gasteiger partial charge in [-0.05, 0) is 75.1 Å². The molecule has 0 aliphatic heterocycles. The van der Waals surface area contributed by atoms with E-state index in [4.69, 9.17) is 8.83 Å². The Balaban J connectivity index is 1.37. The molecule has 0 saturated heterocycles. The predicted octanol–water partition coefficient (Wildman–Crippen LogP) is 4.70. The van der Waals surface area contributed by atoms with Gasteiger partial charge in [0, 0.05) is 51.8 Å². The summed E-state index contributed by atoms with van der Waals surface area (Å²) in [6.45, 7) is 7.54. The van der Waals surface area contributed by atoms with E-state index in [1.165, 1.54) is 6.07 Å². The number of hydrogen-bond acceptors (Lipinski definition) is 6. The third-order valence-electron chi connectivity index (χ3n) is 7.35. The van der Waals surface area contributed by atoms with E-state index in [-0.39, 0.29) is 25.0 Å². The molecule has 4 N–H and O–H groups in total. The van der Waals surface area contributed by atoms with Crippen molar-refractivity contribution < 1.29 is 28.6 Å². The van der Waals surface area contributed by atoms with Gasteiger partial charge in [0.2, 0.25) is 5.91 Å². The summed E-state index contributed by atoms with van der Waals surface area (Å²) in [5, 5.41) is 24.5. The van der Waals surface area contributed by atoms with Crippen LogP contribution < -0.4 is 10.9 Å². The lowest BCUT2D eigenvalue weighted by Crippen LogP contribution is -2.42. The summed E-state index contributed by atoms with van der Waals surface area (Å²) in [5.41, 5.74) is 4.88. The molecule has 0 spiro atoms. The number of aliphatic carboxylic acids is 1. The molecule has 38 heavy (non-hydrogen) atoms. The highest BCUT2D eigenvalue weighted by atomic mass is 16.4.